The fourth-order valence-electron chi connectivity index (χ4n) is 4.24. The first-order valence-corrected chi connectivity index (χ1v) is 11.2. The number of Topliss-reactive ketones (excluding diaryl/α,β-unsaturated/α-hetero) is 1. The van der Waals surface area contributed by atoms with E-state index in [-0.39, 0.29) is 17.0 Å². The highest BCUT2D eigenvalue weighted by molar-refractivity contribution is 6.51. The maximum absolute atomic E-state index is 14.0. The van der Waals surface area contributed by atoms with E-state index in [0.29, 0.717) is 23.5 Å². The van der Waals surface area contributed by atoms with Crippen molar-refractivity contribution in [2.24, 2.45) is 0 Å². The van der Waals surface area contributed by atoms with Crippen molar-refractivity contribution >= 4 is 23.1 Å². The van der Waals surface area contributed by atoms with Crippen LogP contribution in [-0.2, 0) is 9.59 Å². The van der Waals surface area contributed by atoms with E-state index in [1.807, 2.05) is 32.9 Å². The summed E-state index contributed by atoms with van der Waals surface area (Å²) in [4.78, 5) is 27.7. The number of hydrogen-bond acceptors (Lipinski definition) is 4. The molecule has 1 heterocycles. The summed E-state index contributed by atoms with van der Waals surface area (Å²) in [5.74, 6) is -1.76. The molecule has 34 heavy (non-hydrogen) atoms. The van der Waals surface area contributed by atoms with E-state index in [1.54, 1.807) is 36.4 Å². The van der Waals surface area contributed by atoms with Gasteiger partial charge in [-0.3, -0.25) is 14.5 Å². The lowest BCUT2D eigenvalue weighted by molar-refractivity contribution is -0.132. The van der Waals surface area contributed by atoms with Gasteiger partial charge in [-0.1, -0.05) is 37.3 Å². The van der Waals surface area contributed by atoms with Gasteiger partial charge in [0.25, 0.3) is 11.7 Å². The molecule has 3 aromatic carbocycles. The van der Waals surface area contributed by atoms with Gasteiger partial charge in [0, 0.05) is 11.3 Å². The molecule has 1 saturated heterocycles. The van der Waals surface area contributed by atoms with Gasteiger partial charge in [0.2, 0.25) is 0 Å². The number of hydrogen-bond donors (Lipinski definition) is 1. The van der Waals surface area contributed by atoms with Crippen LogP contribution in [0, 0.1) is 19.7 Å². The van der Waals surface area contributed by atoms with E-state index in [9.17, 15) is 19.1 Å². The van der Waals surface area contributed by atoms with E-state index in [2.05, 4.69) is 0 Å². The van der Waals surface area contributed by atoms with E-state index >= 15 is 0 Å². The zero-order chi connectivity index (χ0) is 24.4. The predicted octanol–water partition coefficient (Wildman–Crippen LogP) is 5.86. The molecule has 1 amide bonds. The number of carbonyl (C=O) groups is 2. The third-order valence-corrected chi connectivity index (χ3v) is 5.92. The van der Waals surface area contributed by atoms with Crippen LogP contribution in [0.15, 0.2) is 72.3 Å². The molecule has 6 heteroatoms. The molecule has 0 aromatic heterocycles. The largest absolute Gasteiger partial charge is 0.507 e. The average Bonchev–Trinajstić information content (AvgIpc) is 3.08. The molecule has 1 N–H and O–H groups in total. The van der Waals surface area contributed by atoms with E-state index < -0.39 is 23.5 Å². The number of aliphatic hydroxyl groups excluding tert-OH is 1. The predicted molar refractivity (Wildman–Crippen MR) is 129 cm³/mol. The Morgan fingerprint density at radius 1 is 1.00 bits per heavy atom. The maximum atomic E-state index is 14.0. The van der Waals surface area contributed by atoms with Crippen molar-refractivity contribution in [2.45, 2.75) is 33.2 Å². The Kier molecular flexibility index (Phi) is 6.50. The van der Waals surface area contributed by atoms with Crippen molar-refractivity contribution in [3.8, 4) is 5.75 Å². The van der Waals surface area contributed by atoms with Crippen LogP contribution in [0.4, 0.5) is 10.1 Å². The molecule has 1 unspecified atom stereocenters. The number of ether oxygens (including phenoxy) is 1. The summed E-state index contributed by atoms with van der Waals surface area (Å²) in [5.41, 5.74) is 2.91. The van der Waals surface area contributed by atoms with Crippen LogP contribution in [0.3, 0.4) is 0 Å². The standard InChI is InChI=1S/C28H26FNO4/c1-4-14-34-23-13-12-19(15-18(23)3)26(31)24-25(22-11-6-5-8-17(22)2)30(28(33)27(24)32)21-10-7-9-20(29)16-21/h5-13,15-16,25,31H,4,14H2,1-3H3/b26-24+. The van der Waals surface area contributed by atoms with Gasteiger partial charge in [-0.15, -0.1) is 0 Å². The third-order valence-electron chi connectivity index (χ3n) is 5.92. The van der Waals surface area contributed by atoms with Crippen LogP contribution in [-0.4, -0.2) is 23.4 Å². The van der Waals surface area contributed by atoms with Crippen molar-refractivity contribution in [1.82, 2.24) is 0 Å². The van der Waals surface area contributed by atoms with Crippen molar-refractivity contribution in [1.29, 1.82) is 0 Å². The Morgan fingerprint density at radius 3 is 2.44 bits per heavy atom. The summed E-state index contributed by atoms with van der Waals surface area (Å²) in [5, 5.41) is 11.3. The molecule has 0 spiro atoms. The van der Waals surface area contributed by atoms with Gasteiger partial charge in [0.1, 0.15) is 17.3 Å². The van der Waals surface area contributed by atoms with Gasteiger partial charge < -0.3 is 9.84 Å². The summed E-state index contributed by atoms with van der Waals surface area (Å²) in [6.07, 6.45) is 0.862. The van der Waals surface area contributed by atoms with Crippen molar-refractivity contribution in [3.63, 3.8) is 0 Å². The second kappa shape index (κ2) is 9.51. The lowest BCUT2D eigenvalue weighted by atomic mass is 9.92. The maximum Gasteiger partial charge on any atom is 0.300 e. The minimum Gasteiger partial charge on any atom is -0.507 e. The summed E-state index contributed by atoms with van der Waals surface area (Å²) >= 11 is 0. The number of nitrogens with zero attached hydrogens (tertiary/aromatic N) is 1. The molecule has 1 fully saturated rings. The lowest BCUT2D eigenvalue weighted by Gasteiger charge is -2.26. The Morgan fingerprint density at radius 2 is 1.76 bits per heavy atom. The topological polar surface area (TPSA) is 66.8 Å². The van der Waals surface area contributed by atoms with E-state index in [1.165, 1.54) is 23.1 Å². The fourth-order valence-corrected chi connectivity index (χ4v) is 4.24. The summed E-state index contributed by atoms with van der Waals surface area (Å²) in [6.45, 7) is 6.30. The number of aryl methyl sites for hydroxylation is 2. The summed E-state index contributed by atoms with van der Waals surface area (Å²) < 4.78 is 19.8. The minimum atomic E-state index is -0.903. The van der Waals surface area contributed by atoms with Crippen molar-refractivity contribution in [2.75, 3.05) is 11.5 Å². The normalized spacial score (nSPS) is 17.3. The van der Waals surface area contributed by atoms with Crippen LogP contribution in [0.1, 0.15) is 41.6 Å². The van der Waals surface area contributed by atoms with Crippen molar-refractivity contribution < 1.29 is 23.8 Å². The Balaban J connectivity index is 1.90. The number of aliphatic hydroxyl groups is 1. The SMILES string of the molecule is CCCOc1ccc(/C(O)=C2\C(=O)C(=O)N(c3cccc(F)c3)C2c2ccccc2C)cc1C. The molecule has 0 saturated carbocycles. The molecule has 5 nitrogen and oxygen atoms in total. The van der Waals surface area contributed by atoms with Gasteiger partial charge in [0.15, 0.2) is 0 Å². The molecule has 1 aliphatic heterocycles. The highest BCUT2D eigenvalue weighted by atomic mass is 19.1. The number of anilines is 1. The van der Waals surface area contributed by atoms with Crippen LogP contribution in [0.2, 0.25) is 0 Å². The van der Waals surface area contributed by atoms with Gasteiger partial charge in [0.05, 0.1) is 18.2 Å². The van der Waals surface area contributed by atoms with Gasteiger partial charge in [-0.2, -0.15) is 0 Å². The molecule has 174 valence electrons. The molecule has 0 bridgehead atoms. The van der Waals surface area contributed by atoms with E-state index in [0.717, 1.165) is 17.5 Å². The van der Waals surface area contributed by atoms with Gasteiger partial charge in [-0.25, -0.2) is 4.39 Å². The quantitative estimate of drug-likeness (QED) is 0.285. The highest BCUT2D eigenvalue weighted by Gasteiger charge is 2.47. The first kappa shape index (κ1) is 23.2. The summed E-state index contributed by atoms with van der Waals surface area (Å²) in [7, 11) is 0. The Labute approximate surface area is 198 Å². The molecule has 3 aromatic rings. The molecule has 0 radical (unpaired) electrons. The fraction of sp³-hybridized carbons (Fsp3) is 0.214. The first-order valence-electron chi connectivity index (χ1n) is 11.2. The Bertz CT molecular complexity index is 1300. The first-order chi connectivity index (χ1) is 16.3. The molecular weight excluding hydrogens is 433 g/mol. The number of benzene rings is 3. The zero-order valence-corrected chi connectivity index (χ0v) is 19.3. The Hall–Kier alpha value is -3.93. The number of ketones is 1. The average molecular weight is 460 g/mol. The van der Waals surface area contributed by atoms with Crippen LogP contribution in [0.5, 0.6) is 5.75 Å². The number of halogens is 1. The highest BCUT2D eigenvalue weighted by Crippen LogP contribution is 2.43. The molecule has 1 atom stereocenters. The molecule has 1 aliphatic rings. The number of rotatable bonds is 6. The smallest absolute Gasteiger partial charge is 0.300 e. The van der Waals surface area contributed by atoms with Crippen molar-refractivity contribution in [3.05, 3.63) is 100 Å². The van der Waals surface area contributed by atoms with Gasteiger partial charge in [-0.05, 0) is 73.4 Å². The summed E-state index contributed by atoms with van der Waals surface area (Å²) in [6, 6.07) is 17.1. The zero-order valence-electron chi connectivity index (χ0n) is 19.3. The van der Waals surface area contributed by atoms with E-state index in [4.69, 9.17) is 4.74 Å². The number of amides is 1. The minimum absolute atomic E-state index is 0.0369. The van der Waals surface area contributed by atoms with Crippen LogP contribution < -0.4 is 9.64 Å². The van der Waals surface area contributed by atoms with Crippen LogP contribution >= 0.6 is 0 Å². The second-order valence-corrected chi connectivity index (χ2v) is 8.33. The third kappa shape index (κ3) is 4.19. The van der Waals surface area contributed by atoms with Gasteiger partial charge >= 0.3 is 0 Å². The monoisotopic (exact) mass is 459 g/mol. The van der Waals surface area contributed by atoms with Crippen LogP contribution in [0.25, 0.3) is 5.76 Å². The molecule has 4 rings (SSSR count). The lowest BCUT2D eigenvalue weighted by Crippen LogP contribution is -2.29. The molecule has 0 aliphatic carbocycles. The number of carbonyl (C=O) groups excluding carboxylic acids is 2. The second-order valence-electron chi connectivity index (χ2n) is 8.33. The molecular formula is C28H26FNO4.